The standard InChI is InChI=1S/C14H18FN3O/c1-10-4-6-18(7-5-10)9-14(19)17-13-8-11(16)2-3-12(13)15/h2-4,8H,5-7,9,16H2,1H3,(H,17,19). The van der Waals surface area contributed by atoms with Gasteiger partial charge in [-0.2, -0.15) is 0 Å². The first-order valence-corrected chi connectivity index (χ1v) is 6.27. The van der Waals surface area contributed by atoms with E-state index in [0.717, 1.165) is 19.5 Å². The van der Waals surface area contributed by atoms with Gasteiger partial charge in [0.2, 0.25) is 5.91 Å². The first-order chi connectivity index (χ1) is 9.04. The molecule has 0 unspecified atom stereocenters. The zero-order valence-corrected chi connectivity index (χ0v) is 10.9. The second-order valence-electron chi connectivity index (χ2n) is 4.82. The molecule has 0 aliphatic carbocycles. The first-order valence-electron chi connectivity index (χ1n) is 6.27. The number of carbonyl (C=O) groups is 1. The predicted octanol–water partition coefficient (Wildman–Crippen LogP) is 2.00. The maximum absolute atomic E-state index is 13.5. The summed E-state index contributed by atoms with van der Waals surface area (Å²) in [5, 5.41) is 2.55. The van der Waals surface area contributed by atoms with Crippen LogP contribution in [0, 0.1) is 5.82 Å². The minimum absolute atomic E-state index is 0.133. The van der Waals surface area contributed by atoms with Crippen LogP contribution in [0.2, 0.25) is 0 Å². The summed E-state index contributed by atoms with van der Waals surface area (Å²) in [6.07, 6.45) is 3.08. The van der Waals surface area contributed by atoms with Crippen LogP contribution in [0.15, 0.2) is 29.8 Å². The van der Waals surface area contributed by atoms with Crippen LogP contribution in [-0.4, -0.2) is 30.4 Å². The molecule has 5 heteroatoms. The number of nitrogens with two attached hydrogens (primary N) is 1. The molecule has 102 valence electrons. The summed E-state index contributed by atoms with van der Waals surface area (Å²) >= 11 is 0. The van der Waals surface area contributed by atoms with Crippen LogP contribution in [-0.2, 0) is 4.79 Å². The molecular formula is C14H18FN3O. The highest BCUT2D eigenvalue weighted by Gasteiger charge is 2.14. The maximum atomic E-state index is 13.5. The van der Waals surface area contributed by atoms with Crippen molar-refractivity contribution in [1.82, 2.24) is 4.90 Å². The van der Waals surface area contributed by atoms with Crippen molar-refractivity contribution in [2.75, 3.05) is 30.7 Å². The maximum Gasteiger partial charge on any atom is 0.238 e. The molecule has 0 saturated heterocycles. The molecule has 0 spiro atoms. The minimum Gasteiger partial charge on any atom is -0.399 e. The van der Waals surface area contributed by atoms with Gasteiger partial charge in [-0.1, -0.05) is 11.6 Å². The number of nitrogens with zero attached hydrogens (tertiary/aromatic N) is 1. The predicted molar refractivity (Wildman–Crippen MR) is 74.3 cm³/mol. The molecular weight excluding hydrogens is 245 g/mol. The lowest BCUT2D eigenvalue weighted by Gasteiger charge is -2.24. The Morgan fingerprint density at radius 2 is 2.32 bits per heavy atom. The highest BCUT2D eigenvalue weighted by Crippen LogP contribution is 2.17. The van der Waals surface area contributed by atoms with E-state index >= 15 is 0 Å². The Kier molecular flexibility index (Phi) is 4.16. The molecule has 0 saturated carbocycles. The van der Waals surface area contributed by atoms with Crippen molar-refractivity contribution < 1.29 is 9.18 Å². The van der Waals surface area contributed by atoms with Gasteiger partial charge in [-0.3, -0.25) is 9.69 Å². The summed E-state index contributed by atoms with van der Waals surface area (Å²) in [7, 11) is 0. The van der Waals surface area contributed by atoms with Crippen molar-refractivity contribution in [3.05, 3.63) is 35.7 Å². The van der Waals surface area contributed by atoms with E-state index in [1.807, 2.05) is 4.90 Å². The Labute approximate surface area is 112 Å². The van der Waals surface area contributed by atoms with Gasteiger partial charge in [0, 0.05) is 18.8 Å². The van der Waals surface area contributed by atoms with Crippen molar-refractivity contribution in [3.63, 3.8) is 0 Å². The van der Waals surface area contributed by atoms with E-state index in [0.29, 0.717) is 5.69 Å². The number of hydrogen-bond acceptors (Lipinski definition) is 3. The molecule has 0 aromatic heterocycles. The van der Waals surface area contributed by atoms with Crippen LogP contribution in [0.3, 0.4) is 0 Å². The summed E-state index contributed by atoms with van der Waals surface area (Å²) in [6.45, 7) is 3.96. The Morgan fingerprint density at radius 1 is 1.53 bits per heavy atom. The third-order valence-corrected chi connectivity index (χ3v) is 3.15. The number of nitrogen functional groups attached to an aromatic ring is 1. The molecule has 1 aromatic rings. The van der Waals surface area contributed by atoms with E-state index in [4.69, 9.17) is 5.73 Å². The van der Waals surface area contributed by atoms with E-state index in [2.05, 4.69) is 18.3 Å². The van der Waals surface area contributed by atoms with Gasteiger partial charge in [-0.05, 0) is 31.5 Å². The van der Waals surface area contributed by atoms with Crippen molar-refractivity contribution in [2.45, 2.75) is 13.3 Å². The Balaban J connectivity index is 1.92. The average Bonchev–Trinajstić information content (AvgIpc) is 2.37. The number of nitrogens with one attached hydrogen (secondary N) is 1. The lowest BCUT2D eigenvalue weighted by molar-refractivity contribution is -0.117. The molecule has 4 nitrogen and oxygen atoms in total. The summed E-state index contributed by atoms with van der Waals surface area (Å²) < 4.78 is 13.5. The second kappa shape index (κ2) is 5.84. The molecule has 1 heterocycles. The van der Waals surface area contributed by atoms with Crippen LogP contribution in [0.25, 0.3) is 0 Å². The summed E-state index contributed by atoms with van der Waals surface area (Å²) in [5.74, 6) is -0.700. The SMILES string of the molecule is CC1=CCN(CC(=O)Nc2cc(N)ccc2F)CC1. The monoisotopic (exact) mass is 263 g/mol. The molecule has 1 aliphatic rings. The van der Waals surface area contributed by atoms with E-state index < -0.39 is 5.82 Å². The van der Waals surface area contributed by atoms with Crippen LogP contribution >= 0.6 is 0 Å². The number of benzene rings is 1. The Hall–Kier alpha value is -1.88. The fourth-order valence-electron chi connectivity index (χ4n) is 1.99. The minimum atomic E-state index is -0.475. The largest absolute Gasteiger partial charge is 0.399 e. The zero-order valence-electron chi connectivity index (χ0n) is 10.9. The van der Waals surface area contributed by atoms with Gasteiger partial charge in [0.15, 0.2) is 0 Å². The lowest BCUT2D eigenvalue weighted by Crippen LogP contribution is -2.36. The molecule has 3 N–H and O–H groups in total. The fraction of sp³-hybridized carbons (Fsp3) is 0.357. The normalized spacial score (nSPS) is 16.0. The van der Waals surface area contributed by atoms with Gasteiger partial charge in [-0.15, -0.1) is 0 Å². The zero-order chi connectivity index (χ0) is 13.8. The molecule has 1 amide bonds. The third kappa shape index (κ3) is 3.79. The van der Waals surface area contributed by atoms with Gasteiger partial charge in [0.05, 0.1) is 12.2 Å². The van der Waals surface area contributed by atoms with Crippen molar-refractivity contribution >= 4 is 17.3 Å². The van der Waals surface area contributed by atoms with Crippen molar-refractivity contribution in [1.29, 1.82) is 0 Å². The Bertz CT molecular complexity index is 513. The first kappa shape index (κ1) is 13.5. The summed E-state index contributed by atoms with van der Waals surface area (Å²) in [6, 6.07) is 4.13. The van der Waals surface area contributed by atoms with E-state index in [-0.39, 0.29) is 18.1 Å². The lowest BCUT2D eigenvalue weighted by atomic mass is 10.1. The molecule has 2 rings (SSSR count). The molecule has 1 aromatic carbocycles. The highest BCUT2D eigenvalue weighted by atomic mass is 19.1. The summed E-state index contributed by atoms with van der Waals surface area (Å²) in [5.41, 5.74) is 7.47. The number of hydrogen-bond donors (Lipinski definition) is 2. The number of carbonyl (C=O) groups excluding carboxylic acids is 1. The van der Waals surface area contributed by atoms with Crippen LogP contribution < -0.4 is 11.1 Å². The van der Waals surface area contributed by atoms with Crippen LogP contribution in [0.1, 0.15) is 13.3 Å². The molecule has 1 aliphatic heterocycles. The molecule has 0 fully saturated rings. The smallest absolute Gasteiger partial charge is 0.238 e. The second-order valence-corrected chi connectivity index (χ2v) is 4.82. The molecule has 0 radical (unpaired) electrons. The number of halogens is 1. The molecule has 0 bridgehead atoms. The summed E-state index contributed by atoms with van der Waals surface area (Å²) in [4.78, 5) is 13.9. The van der Waals surface area contributed by atoms with Crippen molar-refractivity contribution in [2.24, 2.45) is 0 Å². The number of amides is 1. The topological polar surface area (TPSA) is 58.4 Å². The quantitative estimate of drug-likeness (QED) is 0.647. The van der Waals surface area contributed by atoms with Crippen LogP contribution in [0.4, 0.5) is 15.8 Å². The van der Waals surface area contributed by atoms with E-state index in [1.54, 1.807) is 0 Å². The van der Waals surface area contributed by atoms with E-state index in [1.165, 1.54) is 23.8 Å². The average molecular weight is 263 g/mol. The number of rotatable bonds is 3. The van der Waals surface area contributed by atoms with Gasteiger partial charge >= 0.3 is 0 Å². The third-order valence-electron chi connectivity index (χ3n) is 3.15. The fourth-order valence-corrected chi connectivity index (χ4v) is 1.99. The number of anilines is 2. The molecule has 19 heavy (non-hydrogen) atoms. The van der Waals surface area contributed by atoms with Gasteiger partial charge < -0.3 is 11.1 Å². The van der Waals surface area contributed by atoms with E-state index in [9.17, 15) is 9.18 Å². The molecule has 0 atom stereocenters. The highest BCUT2D eigenvalue weighted by molar-refractivity contribution is 5.92. The van der Waals surface area contributed by atoms with Crippen LogP contribution in [0.5, 0.6) is 0 Å². The van der Waals surface area contributed by atoms with Gasteiger partial charge in [-0.25, -0.2) is 4.39 Å². The Morgan fingerprint density at radius 3 is 3.00 bits per heavy atom. The van der Waals surface area contributed by atoms with Crippen molar-refractivity contribution in [3.8, 4) is 0 Å². The van der Waals surface area contributed by atoms with Gasteiger partial charge in [0.25, 0.3) is 0 Å². The van der Waals surface area contributed by atoms with Gasteiger partial charge in [0.1, 0.15) is 5.82 Å².